The lowest BCUT2D eigenvalue weighted by Gasteiger charge is -2.16. The Morgan fingerprint density at radius 1 is 1.37 bits per heavy atom. The third-order valence-electron chi connectivity index (χ3n) is 4.42. The van der Waals surface area contributed by atoms with E-state index >= 15 is 0 Å². The van der Waals surface area contributed by atoms with Gasteiger partial charge < -0.3 is 9.55 Å². The Kier molecular flexibility index (Phi) is 2.81. The van der Waals surface area contributed by atoms with Crippen LogP contribution < -0.4 is 0 Å². The van der Waals surface area contributed by atoms with Crippen molar-refractivity contribution in [2.24, 2.45) is 17.8 Å². The van der Waals surface area contributed by atoms with Gasteiger partial charge in [-0.3, -0.25) is 0 Å². The molecule has 100 valence electrons. The number of hydrogen-bond donors (Lipinski definition) is 1. The van der Waals surface area contributed by atoms with Gasteiger partial charge in [0.15, 0.2) is 10.4 Å². The molecule has 2 saturated carbocycles. The topological polar surface area (TPSA) is 33.6 Å². The number of nitrogens with zero attached hydrogens (tertiary/aromatic N) is 2. The number of H-pyrrole nitrogens is 1. The maximum Gasteiger partial charge on any atom is 0.179 e. The molecular formula is C14H16BrN3S. The van der Waals surface area contributed by atoms with Crippen molar-refractivity contribution in [1.82, 2.24) is 14.5 Å². The first-order chi connectivity index (χ1) is 9.22. The monoisotopic (exact) mass is 337 g/mol. The largest absolute Gasteiger partial charge is 0.329 e. The molecule has 0 atom stereocenters. The number of pyridine rings is 1. The van der Waals surface area contributed by atoms with Gasteiger partial charge in [0.1, 0.15) is 0 Å². The van der Waals surface area contributed by atoms with Crippen molar-refractivity contribution in [3.63, 3.8) is 0 Å². The second kappa shape index (κ2) is 4.42. The SMILES string of the molecule is S=c1[nH]c2cc(Br)cnc2n1CC(C1CC1)C1CC1. The second-order valence-electron chi connectivity index (χ2n) is 5.90. The van der Waals surface area contributed by atoms with Gasteiger partial charge in [-0.1, -0.05) is 0 Å². The van der Waals surface area contributed by atoms with E-state index in [-0.39, 0.29) is 0 Å². The fourth-order valence-electron chi connectivity index (χ4n) is 3.13. The van der Waals surface area contributed by atoms with E-state index in [9.17, 15) is 0 Å². The van der Waals surface area contributed by atoms with Crippen LogP contribution in [0.5, 0.6) is 0 Å². The zero-order valence-electron chi connectivity index (χ0n) is 10.6. The molecule has 0 bridgehead atoms. The molecule has 3 nitrogen and oxygen atoms in total. The Hall–Kier alpha value is -0.680. The summed E-state index contributed by atoms with van der Waals surface area (Å²) in [6, 6.07) is 2.05. The van der Waals surface area contributed by atoms with Gasteiger partial charge in [-0.15, -0.1) is 0 Å². The van der Waals surface area contributed by atoms with Crippen molar-refractivity contribution >= 4 is 39.3 Å². The molecule has 2 fully saturated rings. The number of rotatable bonds is 4. The Morgan fingerprint density at radius 2 is 2.05 bits per heavy atom. The number of halogens is 1. The number of imidazole rings is 1. The van der Waals surface area contributed by atoms with Crippen LogP contribution in [0.2, 0.25) is 0 Å². The van der Waals surface area contributed by atoms with Crippen molar-refractivity contribution in [3.8, 4) is 0 Å². The highest BCUT2D eigenvalue weighted by Gasteiger charge is 2.41. The van der Waals surface area contributed by atoms with Crippen LogP contribution in [0, 0.1) is 22.5 Å². The second-order valence-corrected chi connectivity index (χ2v) is 7.21. The lowest BCUT2D eigenvalue weighted by molar-refractivity contribution is 0.351. The molecule has 19 heavy (non-hydrogen) atoms. The van der Waals surface area contributed by atoms with Crippen LogP contribution in [-0.4, -0.2) is 14.5 Å². The number of hydrogen-bond acceptors (Lipinski definition) is 2. The first kappa shape index (κ1) is 12.1. The molecule has 2 aromatic rings. The molecule has 1 N–H and O–H groups in total. The molecular weight excluding hydrogens is 322 g/mol. The highest BCUT2D eigenvalue weighted by molar-refractivity contribution is 9.10. The third-order valence-corrected chi connectivity index (χ3v) is 5.18. The smallest absolute Gasteiger partial charge is 0.179 e. The van der Waals surface area contributed by atoms with Gasteiger partial charge in [0.05, 0.1) is 5.52 Å². The first-order valence-corrected chi connectivity index (χ1v) is 8.16. The van der Waals surface area contributed by atoms with Gasteiger partial charge in [0, 0.05) is 17.2 Å². The van der Waals surface area contributed by atoms with E-state index in [4.69, 9.17) is 12.2 Å². The average molecular weight is 338 g/mol. The summed E-state index contributed by atoms with van der Waals surface area (Å²) in [5, 5.41) is 0. The minimum absolute atomic E-state index is 0.812. The Bertz CT molecular complexity index is 670. The highest BCUT2D eigenvalue weighted by atomic mass is 79.9. The van der Waals surface area contributed by atoms with Crippen molar-refractivity contribution in [2.75, 3.05) is 0 Å². The molecule has 2 heterocycles. The number of aromatic amines is 1. The van der Waals surface area contributed by atoms with E-state index in [1.54, 1.807) is 0 Å². The molecule has 2 aromatic heterocycles. The molecule has 0 aliphatic heterocycles. The fraction of sp³-hybridized carbons (Fsp3) is 0.571. The van der Waals surface area contributed by atoms with E-state index in [2.05, 4.69) is 36.5 Å². The maximum absolute atomic E-state index is 5.48. The predicted octanol–water partition coefficient (Wildman–Crippen LogP) is 4.29. The first-order valence-electron chi connectivity index (χ1n) is 6.96. The summed E-state index contributed by atoms with van der Waals surface area (Å²) in [5.41, 5.74) is 2.03. The van der Waals surface area contributed by atoms with Crippen LogP contribution in [0.15, 0.2) is 16.7 Å². The molecule has 0 aromatic carbocycles. The van der Waals surface area contributed by atoms with Gasteiger partial charge in [0.2, 0.25) is 0 Å². The molecule has 4 rings (SSSR count). The Morgan fingerprint density at radius 3 is 2.68 bits per heavy atom. The number of aromatic nitrogens is 3. The van der Waals surface area contributed by atoms with Crippen LogP contribution in [0.25, 0.3) is 11.2 Å². The number of fused-ring (bicyclic) bond motifs is 1. The summed E-state index contributed by atoms with van der Waals surface area (Å²) in [5.74, 6) is 2.70. The van der Waals surface area contributed by atoms with Gasteiger partial charge in [0.25, 0.3) is 0 Å². The quantitative estimate of drug-likeness (QED) is 0.844. The zero-order chi connectivity index (χ0) is 13.0. The summed E-state index contributed by atoms with van der Waals surface area (Å²) in [6.45, 7) is 1.04. The van der Waals surface area contributed by atoms with E-state index in [0.717, 1.165) is 44.7 Å². The fourth-order valence-corrected chi connectivity index (χ4v) is 3.73. The summed E-state index contributed by atoms with van der Waals surface area (Å²) < 4.78 is 4.01. The summed E-state index contributed by atoms with van der Waals surface area (Å²) >= 11 is 8.94. The van der Waals surface area contributed by atoms with E-state index in [1.807, 2.05) is 6.20 Å². The van der Waals surface area contributed by atoms with Crippen LogP contribution >= 0.6 is 28.1 Å². The van der Waals surface area contributed by atoms with Crippen molar-refractivity contribution in [1.29, 1.82) is 0 Å². The summed E-state index contributed by atoms with van der Waals surface area (Å²) in [7, 11) is 0. The summed E-state index contributed by atoms with van der Waals surface area (Å²) in [6.07, 6.45) is 7.50. The maximum atomic E-state index is 5.48. The van der Waals surface area contributed by atoms with Crippen LogP contribution in [0.1, 0.15) is 25.7 Å². The van der Waals surface area contributed by atoms with Crippen LogP contribution in [0.4, 0.5) is 0 Å². The highest BCUT2D eigenvalue weighted by Crippen LogP contribution is 2.50. The molecule has 5 heteroatoms. The van der Waals surface area contributed by atoms with E-state index in [1.165, 1.54) is 25.7 Å². The normalized spacial score (nSPS) is 19.5. The molecule has 0 saturated heterocycles. The van der Waals surface area contributed by atoms with Gasteiger partial charge >= 0.3 is 0 Å². The van der Waals surface area contributed by atoms with Gasteiger partial charge in [-0.25, -0.2) is 4.98 Å². The van der Waals surface area contributed by atoms with Crippen LogP contribution in [-0.2, 0) is 6.54 Å². The molecule has 2 aliphatic carbocycles. The van der Waals surface area contributed by atoms with E-state index < -0.39 is 0 Å². The van der Waals surface area contributed by atoms with Crippen molar-refractivity contribution in [3.05, 3.63) is 21.5 Å². The Labute approximate surface area is 125 Å². The minimum atomic E-state index is 0.812. The summed E-state index contributed by atoms with van der Waals surface area (Å²) in [4.78, 5) is 7.81. The Balaban J connectivity index is 1.73. The lowest BCUT2D eigenvalue weighted by Crippen LogP contribution is -2.15. The zero-order valence-corrected chi connectivity index (χ0v) is 13.0. The molecule has 0 amide bonds. The third kappa shape index (κ3) is 2.27. The number of nitrogens with one attached hydrogen (secondary N) is 1. The molecule has 0 radical (unpaired) electrons. The van der Waals surface area contributed by atoms with Crippen molar-refractivity contribution in [2.45, 2.75) is 32.2 Å². The van der Waals surface area contributed by atoms with Gasteiger partial charge in [-0.05, 0) is 77.7 Å². The predicted molar refractivity (Wildman–Crippen MR) is 81.6 cm³/mol. The van der Waals surface area contributed by atoms with E-state index in [0.29, 0.717) is 0 Å². The van der Waals surface area contributed by atoms with Gasteiger partial charge in [-0.2, -0.15) is 0 Å². The van der Waals surface area contributed by atoms with Crippen molar-refractivity contribution < 1.29 is 0 Å². The minimum Gasteiger partial charge on any atom is -0.329 e. The molecule has 0 spiro atoms. The molecule has 2 aliphatic rings. The lowest BCUT2D eigenvalue weighted by atomic mass is 9.98. The standard InChI is InChI=1S/C14H16BrN3S/c15-10-5-12-13(16-6-10)18(14(19)17-12)7-11(8-1-2-8)9-3-4-9/h5-6,8-9,11H,1-4,7H2,(H,17,19). The molecule has 0 unspecified atom stereocenters. The average Bonchev–Trinajstić information content (AvgIpc) is 3.24. The van der Waals surface area contributed by atoms with Crippen LogP contribution in [0.3, 0.4) is 0 Å².